The van der Waals surface area contributed by atoms with Gasteiger partial charge in [0.25, 0.3) is 0 Å². The van der Waals surface area contributed by atoms with E-state index in [-0.39, 0.29) is 12.5 Å². The van der Waals surface area contributed by atoms with Crippen LogP contribution in [0.4, 0.5) is 10.5 Å². The normalized spacial score (nSPS) is 13.1. The van der Waals surface area contributed by atoms with E-state index in [1.165, 1.54) is 16.7 Å². The molecule has 1 aliphatic carbocycles. The van der Waals surface area contributed by atoms with Crippen molar-refractivity contribution in [3.63, 3.8) is 0 Å². The van der Waals surface area contributed by atoms with Crippen molar-refractivity contribution in [3.8, 4) is 5.75 Å². The van der Waals surface area contributed by atoms with Crippen molar-refractivity contribution in [2.24, 2.45) is 5.73 Å². The van der Waals surface area contributed by atoms with Crippen molar-refractivity contribution in [3.05, 3.63) is 101 Å². The molecule has 1 unspecified atom stereocenters. The van der Waals surface area contributed by atoms with Gasteiger partial charge in [0, 0.05) is 25.3 Å². The second-order valence-electron chi connectivity index (χ2n) is 8.52. The van der Waals surface area contributed by atoms with Gasteiger partial charge in [0.2, 0.25) is 0 Å². The molecule has 0 saturated carbocycles. The summed E-state index contributed by atoms with van der Waals surface area (Å²) in [6.45, 7) is 3.76. The lowest BCUT2D eigenvalue weighted by molar-refractivity contribution is 0.146. The number of methoxy groups -OCH3 is 1. The maximum Gasteiger partial charge on any atom is 0.411 e. The van der Waals surface area contributed by atoms with Crippen molar-refractivity contribution < 1.29 is 19.0 Å². The van der Waals surface area contributed by atoms with Crippen molar-refractivity contribution in [2.75, 3.05) is 32.2 Å². The van der Waals surface area contributed by atoms with Gasteiger partial charge in [0.1, 0.15) is 19.0 Å². The molecule has 0 bridgehead atoms. The Morgan fingerprint density at radius 3 is 2.66 bits per heavy atom. The number of carbonyl (C=O) groups is 1. The number of carbonyl (C=O) groups excluding carboxylic acids is 1. The van der Waals surface area contributed by atoms with Crippen LogP contribution in [-0.2, 0) is 22.5 Å². The highest BCUT2D eigenvalue weighted by Crippen LogP contribution is 2.41. The quantitative estimate of drug-likeness (QED) is 0.383. The molecule has 1 aliphatic rings. The Labute approximate surface area is 206 Å². The lowest BCUT2D eigenvalue weighted by atomic mass is 9.85. The van der Waals surface area contributed by atoms with Crippen LogP contribution in [0, 0.1) is 6.92 Å². The van der Waals surface area contributed by atoms with Gasteiger partial charge in [0.05, 0.1) is 6.61 Å². The zero-order chi connectivity index (χ0) is 24.6. The molecule has 1 atom stereocenters. The number of ether oxygens (including phenoxy) is 3. The number of anilines is 1. The molecule has 0 aromatic heterocycles. The van der Waals surface area contributed by atoms with E-state index in [9.17, 15) is 4.79 Å². The van der Waals surface area contributed by atoms with Crippen LogP contribution in [0.15, 0.2) is 72.8 Å². The van der Waals surface area contributed by atoms with Gasteiger partial charge in [-0.3, -0.25) is 5.32 Å². The number of benzene rings is 3. The summed E-state index contributed by atoms with van der Waals surface area (Å²) < 4.78 is 16.2. The van der Waals surface area contributed by atoms with Crippen LogP contribution >= 0.6 is 0 Å². The molecule has 4 rings (SSSR count). The molecule has 3 aromatic rings. The Balaban J connectivity index is 1.48. The molecule has 0 heterocycles. The van der Waals surface area contributed by atoms with E-state index in [2.05, 4.69) is 29.6 Å². The monoisotopic (exact) mass is 472 g/mol. The zero-order valence-corrected chi connectivity index (χ0v) is 20.3. The van der Waals surface area contributed by atoms with Crippen molar-refractivity contribution >= 4 is 17.4 Å². The van der Waals surface area contributed by atoms with Gasteiger partial charge in [-0.25, -0.2) is 4.79 Å². The molecular weight excluding hydrogens is 440 g/mol. The first-order valence-electron chi connectivity index (χ1n) is 11.8. The van der Waals surface area contributed by atoms with Crippen LogP contribution in [0.5, 0.6) is 5.75 Å². The Morgan fingerprint density at radius 1 is 1.06 bits per heavy atom. The average molecular weight is 473 g/mol. The number of hydrogen-bond donors (Lipinski definition) is 2. The molecule has 0 spiro atoms. The first-order valence-corrected chi connectivity index (χ1v) is 11.8. The van der Waals surface area contributed by atoms with Gasteiger partial charge in [-0.2, -0.15) is 0 Å². The molecule has 3 aromatic carbocycles. The van der Waals surface area contributed by atoms with Crippen LogP contribution in [0.25, 0.3) is 5.57 Å². The fourth-order valence-corrected chi connectivity index (χ4v) is 4.47. The van der Waals surface area contributed by atoms with Gasteiger partial charge in [-0.1, -0.05) is 54.6 Å². The Kier molecular flexibility index (Phi) is 8.19. The largest absolute Gasteiger partial charge is 0.491 e. The van der Waals surface area contributed by atoms with Crippen LogP contribution in [-0.4, -0.2) is 33.0 Å². The number of fused-ring (bicyclic) bond motifs is 1. The Hall–Kier alpha value is -3.61. The minimum Gasteiger partial charge on any atom is -0.491 e. The third-order valence-electron chi connectivity index (χ3n) is 6.30. The number of rotatable bonds is 10. The lowest BCUT2D eigenvalue weighted by Gasteiger charge is -2.22. The molecule has 0 radical (unpaired) electrons. The SMILES string of the molecule is COCCOc1ccc2c(c1)CC=C2C(CN)c1cccc(NC(=O)OCc2ccccc2)c1C. The van der Waals surface area contributed by atoms with E-state index in [0.717, 1.165) is 34.5 Å². The molecular formula is C29H32N2O4. The van der Waals surface area contributed by atoms with E-state index < -0.39 is 6.09 Å². The smallest absolute Gasteiger partial charge is 0.411 e. The fourth-order valence-electron chi connectivity index (χ4n) is 4.47. The first kappa shape index (κ1) is 24.5. The van der Waals surface area contributed by atoms with Crippen LogP contribution in [0.1, 0.15) is 33.7 Å². The van der Waals surface area contributed by atoms with E-state index in [0.29, 0.717) is 19.8 Å². The predicted octanol–water partition coefficient (Wildman–Crippen LogP) is 5.45. The minimum absolute atomic E-state index is 0.0126. The lowest BCUT2D eigenvalue weighted by Crippen LogP contribution is -2.18. The third kappa shape index (κ3) is 5.91. The van der Waals surface area contributed by atoms with Gasteiger partial charge in [-0.15, -0.1) is 0 Å². The molecule has 0 aliphatic heterocycles. The summed E-state index contributed by atoms with van der Waals surface area (Å²) in [4.78, 5) is 12.4. The summed E-state index contributed by atoms with van der Waals surface area (Å²) in [5, 5.41) is 2.89. The number of hydrogen-bond acceptors (Lipinski definition) is 5. The predicted molar refractivity (Wildman–Crippen MR) is 139 cm³/mol. The fraction of sp³-hybridized carbons (Fsp3) is 0.276. The minimum atomic E-state index is -0.482. The first-order chi connectivity index (χ1) is 17.1. The maximum atomic E-state index is 12.4. The number of allylic oxidation sites excluding steroid dienone is 1. The Bertz CT molecular complexity index is 1190. The van der Waals surface area contributed by atoms with Gasteiger partial charge >= 0.3 is 6.09 Å². The molecule has 0 saturated heterocycles. The summed E-state index contributed by atoms with van der Waals surface area (Å²) >= 11 is 0. The topological polar surface area (TPSA) is 82.8 Å². The summed E-state index contributed by atoms with van der Waals surface area (Å²) in [5.41, 5.74) is 13.7. The highest BCUT2D eigenvalue weighted by atomic mass is 16.5. The van der Waals surface area contributed by atoms with Crippen LogP contribution in [0.2, 0.25) is 0 Å². The summed E-state index contributed by atoms with van der Waals surface area (Å²) in [6.07, 6.45) is 2.60. The summed E-state index contributed by atoms with van der Waals surface area (Å²) in [6, 6.07) is 21.7. The number of nitrogens with one attached hydrogen (secondary N) is 1. The molecule has 1 amide bonds. The van der Waals surface area contributed by atoms with Crippen molar-refractivity contribution in [1.82, 2.24) is 0 Å². The van der Waals surface area contributed by atoms with Crippen LogP contribution in [0.3, 0.4) is 0 Å². The Morgan fingerprint density at radius 2 is 1.89 bits per heavy atom. The molecule has 6 nitrogen and oxygen atoms in total. The molecule has 3 N–H and O–H groups in total. The van der Waals surface area contributed by atoms with E-state index in [1.54, 1.807) is 7.11 Å². The molecule has 0 fully saturated rings. The zero-order valence-electron chi connectivity index (χ0n) is 20.3. The number of nitrogens with two attached hydrogens (primary N) is 1. The average Bonchev–Trinajstić information content (AvgIpc) is 3.29. The highest BCUT2D eigenvalue weighted by Gasteiger charge is 2.25. The molecule has 182 valence electrons. The summed E-state index contributed by atoms with van der Waals surface area (Å²) in [7, 11) is 1.66. The highest BCUT2D eigenvalue weighted by molar-refractivity contribution is 5.87. The maximum absolute atomic E-state index is 12.4. The van der Waals surface area contributed by atoms with Gasteiger partial charge in [0.15, 0.2) is 0 Å². The number of amides is 1. The standard InChI is InChI=1S/C29H32N2O4/c1-20-24(9-6-10-28(20)31-29(32)35-19-21-7-4-3-5-8-21)27(18-30)26-13-11-22-17-23(12-14-25(22)26)34-16-15-33-2/h3-10,12-14,17,27H,11,15-16,18-19,30H2,1-2H3,(H,31,32). The second kappa shape index (κ2) is 11.7. The van der Waals surface area contributed by atoms with E-state index in [1.807, 2.05) is 55.5 Å². The second-order valence-corrected chi connectivity index (χ2v) is 8.52. The van der Waals surface area contributed by atoms with E-state index in [4.69, 9.17) is 19.9 Å². The van der Waals surface area contributed by atoms with Crippen LogP contribution < -0.4 is 15.8 Å². The van der Waals surface area contributed by atoms with Gasteiger partial charge < -0.3 is 19.9 Å². The van der Waals surface area contributed by atoms with E-state index >= 15 is 0 Å². The van der Waals surface area contributed by atoms with Gasteiger partial charge in [-0.05, 0) is 64.9 Å². The summed E-state index contributed by atoms with van der Waals surface area (Å²) in [5.74, 6) is 0.856. The molecule has 6 heteroatoms. The third-order valence-corrected chi connectivity index (χ3v) is 6.30. The molecule has 35 heavy (non-hydrogen) atoms. The van der Waals surface area contributed by atoms with Crippen molar-refractivity contribution in [1.29, 1.82) is 0 Å². The van der Waals surface area contributed by atoms with Crippen molar-refractivity contribution in [2.45, 2.75) is 25.9 Å².